The zero-order chi connectivity index (χ0) is 25.4. The Labute approximate surface area is 197 Å². The molecule has 1 heterocycles. The summed E-state index contributed by atoms with van der Waals surface area (Å²) in [5.41, 5.74) is 6.93. The van der Waals surface area contributed by atoms with Gasteiger partial charge in [-0.05, 0) is 30.9 Å². The molecule has 0 spiro atoms. The van der Waals surface area contributed by atoms with Gasteiger partial charge in [-0.25, -0.2) is 4.79 Å². The molecule has 0 aliphatic carbocycles. The van der Waals surface area contributed by atoms with Crippen LogP contribution in [0.3, 0.4) is 0 Å². The molecule has 11 nitrogen and oxygen atoms in total. The molecule has 1 aromatic carbocycles. The molecule has 1 aromatic heterocycles. The molecule has 0 saturated heterocycles. The van der Waals surface area contributed by atoms with Gasteiger partial charge in [0.15, 0.2) is 6.04 Å². The average molecular weight is 476 g/mol. The summed E-state index contributed by atoms with van der Waals surface area (Å²) in [5.74, 6) is -3.24. The molecule has 0 saturated carbocycles. The second-order valence-electron chi connectivity index (χ2n) is 8.64. The van der Waals surface area contributed by atoms with E-state index in [1.807, 2.05) is 38.1 Å². The van der Waals surface area contributed by atoms with E-state index in [1.165, 1.54) is 6.92 Å². The minimum absolute atomic E-state index is 0.0486. The molecule has 0 radical (unpaired) electrons. The van der Waals surface area contributed by atoms with Crippen LogP contribution in [-0.2, 0) is 25.6 Å². The van der Waals surface area contributed by atoms with Crippen LogP contribution in [-0.4, -0.2) is 69.7 Å². The van der Waals surface area contributed by atoms with Crippen molar-refractivity contribution in [1.82, 2.24) is 20.9 Å². The molecular formula is C23H33N5O6. The first-order valence-electron chi connectivity index (χ1n) is 11.1. The molecule has 8 N–H and O–H groups in total. The van der Waals surface area contributed by atoms with Gasteiger partial charge in [-0.1, -0.05) is 32.0 Å². The number of hydrogen-bond donors (Lipinski definition) is 7. The molecule has 0 bridgehead atoms. The van der Waals surface area contributed by atoms with Gasteiger partial charge in [0.2, 0.25) is 17.7 Å². The van der Waals surface area contributed by atoms with Crippen molar-refractivity contribution in [3.05, 3.63) is 36.0 Å². The van der Waals surface area contributed by atoms with E-state index in [0.717, 1.165) is 16.5 Å². The lowest BCUT2D eigenvalue weighted by Crippen LogP contribution is -2.58. The van der Waals surface area contributed by atoms with Crippen molar-refractivity contribution in [2.75, 3.05) is 6.54 Å². The van der Waals surface area contributed by atoms with Crippen molar-refractivity contribution < 1.29 is 29.4 Å². The van der Waals surface area contributed by atoms with Gasteiger partial charge in [0.05, 0.1) is 12.6 Å². The molecule has 0 aliphatic heterocycles. The summed E-state index contributed by atoms with van der Waals surface area (Å²) in [6, 6.07) is 3.75. The summed E-state index contributed by atoms with van der Waals surface area (Å²) in [5, 5.41) is 27.4. The minimum atomic E-state index is -1.56. The van der Waals surface area contributed by atoms with Crippen LogP contribution in [0.25, 0.3) is 10.9 Å². The number of carboxylic acids is 1. The summed E-state index contributed by atoms with van der Waals surface area (Å²) in [6.07, 6.45) is 0.711. The van der Waals surface area contributed by atoms with Gasteiger partial charge in [-0.3, -0.25) is 14.4 Å². The highest BCUT2D eigenvalue weighted by Gasteiger charge is 2.32. The number of amides is 3. The zero-order valence-electron chi connectivity index (χ0n) is 19.5. The van der Waals surface area contributed by atoms with Crippen molar-refractivity contribution in [2.24, 2.45) is 11.7 Å². The predicted octanol–water partition coefficient (Wildman–Crippen LogP) is -0.365. The maximum Gasteiger partial charge on any atom is 0.328 e. The molecule has 0 aliphatic rings. The Balaban J connectivity index is 2.32. The Kier molecular flexibility index (Phi) is 9.58. The van der Waals surface area contributed by atoms with Crippen LogP contribution in [0.4, 0.5) is 0 Å². The van der Waals surface area contributed by atoms with E-state index in [-0.39, 0.29) is 18.9 Å². The highest BCUT2D eigenvalue weighted by molar-refractivity contribution is 5.94. The molecule has 4 unspecified atom stereocenters. The van der Waals surface area contributed by atoms with Gasteiger partial charge in [0.1, 0.15) is 12.1 Å². The largest absolute Gasteiger partial charge is 0.480 e. The number of carboxylic acid groups (broad SMARTS) is 1. The maximum atomic E-state index is 13.1. The van der Waals surface area contributed by atoms with Gasteiger partial charge < -0.3 is 36.9 Å². The molecular weight excluding hydrogens is 442 g/mol. The second-order valence-corrected chi connectivity index (χ2v) is 8.64. The molecule has 11 heteroatoms. The molecule has 3 amide bonds. The smallest absolute Gasteiger partial charge is 0.328 e. The van der Waals surface area contributed by atoms with Gasteiger partial charge in [-0.2, -0.15) is 0 Å². The first kappa shape index (κ1) is 26.8. The van der Waals surface area contributed by atoms with Crippen LogP contribution < -0.4 is 21.7 Å². The molecule has 34 heavy (non-hydrogen) atoms. The van der Waals surface area contributed by atoms with Crippen LogP contribution in [0.2, 0.25) is 0 Å². The standard InChI is InChI=1S/C23H33N5O6/c1-12(2)8-17(26-19(30)10-24)21(31)27-18(22(32)28-20(13(3)29)23(33)34)9-14-11-25-16-7-5-4-6-15(14)16/h4-7,11-13,17-18,20,25,29H,8-10,24H2,1-3H3,(H,26,30)(H,27,31)(H,28,32)(H,33,34). The van der Waals surface area contributed by atoms with Crippen LogP contribution in [0.1, 0.15) is 32.8 Å². The van der Waals surface area contributed by atoms with E-state index in [2.05, 4.69) is 20.9 Å². The highest BCUT2D eigenvalue weighted by atomic mass is 16.4. The van der Waals surface area contributed by atoms with Crippen molar-refractivity contribution in [1.29, 1.82) is 0 Å². The number of aromatic nitrogens is 1. The predicted molar refractivity (Wildman–Crippen MR) is 126 cm³/mol. The Morgan fingerprint density at radius 1 is 1.00 bits per heavy atom. The van der Waals surface area contributed by atoms with Gasteiger partial charge >= 0.3 is 5.97 Å². The number of carbonyl (C=O) groups is 4. The number of benzene rings is 1. The number of nitrogens with two attached hydrogens (primary N) is 1. The number of aliphatic hydroxyl groups is 1. The Hall–Kier alpha value is -3.44. The van der Waals surface area contributed by atoms with Crippen LogP contribution in [0.15, 0.2) is 30.5 Å². The number of carbonyl (C=O) groups excluding carboxylic acids is 3. The van der Waals surface area contributed by atoms with Crippen LogP contribution >= 0.6 is 0 Å². The Bertz CT molecular complexity index is 1020. The van der Waals surface area contributed by atoms with E-state index in [0.29, 0.717) is 6.42 Å². The fourth-order valence-corrected chi connectivity index (χ4v) is 3.60. The van der Waals surface area contributed by atoms with Gasteiger partial charge in [0, 0.05) is 23.5 Å². The number of aliphatic carboxylic acids is 1. The second kappa shape index (κ2) is 12.1. The highest BCUT2D eigenvalue weighted by Crippen LogP contribution is 2.19. The van der Waals surface area contributed by atoms with E-state index in [4.69, 9.17) is 5.73 Å². The fourth-order valence-electron chi connectivity index (χ4n) is 3.60. The van der Waals surface area contributed by atoms with Crippen molar-refractivity contribution in [2.45, 2.75) is 57.8 Å². The number of hydrogen-bond acceptors (Lipinski definition) is 6. The van der Waals surface area contributed by atoms with Crippen molar-refractivity contribution in [3.63, 3.8) is 0 Å². The molecule has 0 fully saturated rings. The molecule has 2 aromatic rings. The first-order valence-corrected chi connectivity index (χ1v) is 11.1. The van der Waals surface area contributed by atoms with Gasteiger partial charge in [-0.15, -0.1) is 0 Å². The van der Waals surface area contributed by atoms with Crippen molar-refractivity contribution >= 4 is 34.6 Å². The number of rotatable bonds is 12. The number of aromatic amines is 1. The minimum Gasteiger partial charge on any atom is -0.480 e. The molecule has 186 valence electrons. The number of fused-ring (bicyclic) bond motifs is 1. The monoisotopic (exact) mass is 475 g/mol. The number of H-pyrrole nitrogens is 1. The third kappa shape index (κ3) is 7.29. The number of para-hydroxylation sites is 1. The van der Waals surface area contributed by atoms with E-state index < -0.39 is 47.9 Å². The Morgan fingerprint density at radius 2 is 1.65 bits per heavy atom. The lowest BCUT2D eigenvalue weighted by molar-refractivity contribution is -0.145. The van der Waals surface area contributed by atoms with E-state index >= 15 is 0 Å². The lowest BCUT2D eigenvalue weighted by Gasteiger charge is -2.26. The summed E-state index contributed by atoms with van der Waals surface area (Å²) in [4.78, 5) is 52.5. The normalized spacial score (nSPS) is 14.8. The third-order valence-corrected chi connectivity index (χ3v) is 5.32. The Morgan fingerprint density at radius 3 is 2.24 bits per heavy atom. The van der Waals surface area contributed by atoms with E-state index in [9.17, 15) is 29.4 Å². The summed E-state index contributed by atoms with van der Waals surface area (Å²) in [6.45, 7) is 4.71. The third-order valence-electron chi connectivity index (χ3n) is 5.32. The van der Waals surface area contributed by atoms with E-state index in [1.54, 1.807) is 6.20 Å². The summed E-state index contributed by atoms with van der Waals surface area (Å²) in [7, 11) is 0. The first-order chi connectivity index (χ1) is 16.0. The van der Waals surface area contributed by atoms with Gasteiger partial charge in [0.25, 0.3) is 0 Å². The number of aliphatic hydroxyl groups excluding tert-OH is 1. The number of nitrogens with one attached hydrogen (secondary N) is 4. The SMILES string of the molecule is CC(C)CC(NC(=O)CN)C(=O)NC(Cc1c[nH]c2ccccc12)C(=O)NC(C(=O)O)C(C)O. The summed E-state index contributed by atoms with van der Waals surface area (Å²) >= 11 is 0. The topological polar surface area (TPSA) is 187 Å². The van der Waals surface area contributed by atoms with Crippen molar-refractivity contribution in [3.8, 4) is 0 Å². The summed E-state index contributed by atoms with van der Waals surface area (Å²) < 4.78 is 0. The lowest BCUT2D eigenvalue weighted by atomic mass is 10.0. The van der Waals surface area contributed by atoms with Crippen LogP contribution in [0, 0.1) is 5.92 Å². The molecule has 2 rings (SSSR count). The maximum absolute atomic E-state index is 13.1. The zero-order valence-corrected chi connectivity index (χ0v) is 19.5. The van der Waals surface area contributed by atoms with Crippen LogP contribution in [0.5, 0.6) is 0 Å². The quantitative estimate of drug-likeness (QED) is 0.218. The fraction of sp³-hybridized carbons (Fsp3) is 0.478. The average Bonchev–Trinajstić information content (AvgIpc) is 3.18. The molecule has 4 atom stereocenters.